The third kappa shape index (κ3) is 4.58. The minimum atomic E-state index is -0.574. The molecule has 0 aliphatic carbocycles. The Labute approximate surface area is 204 Å². The molecule has 5 aromatic rings. The van der Waals surface area contributed by atoms with Crippen molar-refractivity contribution in [3.63, 3.8) is 0 Å². The van der Waals surface area contributed by atoms with Gasteiger partial charge in [0, 0.05) is 23.7 Å². The van der Waals surface area contributed by atoms with Gasteiger partial charge in [0.1, 0.15) is 11.3 Å². The molecule has 0 aliphatic rings. The number of hydrogen-bond acceptors (Lipinski definition) is 7. The van der Waals surface area contributed by atoms with E-state index >= 15 is 0 Å². The minimum Gasteiger partial charge on any atom is -0.493 e. The predicted molar refractivity (Wildman–Crippen MR) is 133 cm³/mol. The number of ether oxygens (including phenoxy) is 3. The van der Waals surface area contributed by atoms with Crippen LogP contribution in [0, 0.1) is 5.82 Å². The lowest BCUT2D eigenvalue weighted by atomic mass is 10.1. The van der Waals surface area contributed by atoms with Crippen LogP contribution in [0.25, 0.3) is 21.1 Å². The van der Waals surface area contributed by atoms with Gasteiger partial charge in [0.15, 0.2) is 28.2 Å². The number of aromatic nitrogens is 2. The number of methoxy groups -OCH3 is 2. The lowest BCUT2D eigenvalue weighted by molar-refractivity contribution is -0.115. The molecule has 0 spiro atoms. The maximum atomic E-state index is 14.9. The summed E-state index contributed by atoms with van der Waals surface area (Å²) in [7, 11) is 3.07. The zero-order valence-corrected chi connectivity index (χ0v) is 19.7. The summed E-state index contributed by atoms with van der Waals surface area (Å²) in [6.07, 6.45) is 1.78. The molecule has 1 N–H and O–H groups in total. The van der Waals surface area contributed by atoms with Crippen LogP contribution in [-0.4, -0.2) is 30.1 Å². The second-order valence-corrected chi connectivity index (χ2v) is 8.62. The third-order valence-electron chi connectivity index (χ3n) is 5.33. The molecule has 5 rings (SSSR count). The average molecular weight is 490 g/mol. The zero-order chi connectivity index (χ0) is 24.4. The number of benzene rings is 3. The van der Waals surface area contributed by atoms with Crippen LogP contribution < -0.4 is 19.5 Å². The summed E-state index contributed by atoms with van der Waals surface area (Å²) in [6, 6.07) is 17.4. The second kappa shape index (κ2) is 9.55. The lowest BCUT2D eigenvalue weighted by Gasteiger charge is -2.13. The molecule has 0 atom stereocenters. The number of hydrogen-bond donors (Lipinski definition) is 1. The Hall–Kier alpha value is -4.24. The van der Waals surface area contributed by atoms with Gasteiger partial charge in [-0.1, -0.05) is 41.7 Å². The van der Waals surface area contributed by atoms with E-state index in [1.807, 2.05) is 30.3 Å². The normalized spacial score (nSPS) is 10.9. The van der Waals surface area contributed by atoms with Crippen molar-refractivity contribution in [3.05, 3.63) is 78.2 Å². The van der Waals surface area contributed by atoms with Crippen LogP contribution in [0.5, 0.6) is 23.0 Å². The van der Waals surface area contributed by atoms with Gasteiger partial charge >= 0.3 is 0 Å². The highest BCUT2D eigenvalue weighted by atomic mass is 32.1. The lowest BCUT2D eigenvalue weighted by Crippen LogP contribution is -2.13. The SMILES string of the molecule is COc1ccc2c(Oc3cc4sc(NC(=O)Cc5ccccc5)nc4cc3F)ccnc2c1OC. The van der Waals surface area contributed by atoms with E-state index in [-0.39, 0.29) is 18.1 Å². The van der Waals surface area contributed by atoms with Gasteiger partial charge < -0.3 is 19.5 Å². The number of carbonyl (C=O) groups excluding carboxylic acids is 1. The van der Waals surface area contributed by atoms with Crippen molar-refractivity contribution in [1.82, 2.24) is 9.97 Å². The second-order valence-electron chi connectivity index (χ2n) is 7.59. The molecule has 0 saturated heterocycles. The van der Waals surface area contributed by atoms with Gasteiger partial charge in [0.25, 0.3) is 0 Å². The van der Waals surface area contributed by atoms with Crippen molar-refractivity contribution in [3.8, 4) is 23.0 Å². The maximum Gasteiger partial charge on any atom is 0.230 e. The first kappa shape index (κ1) is 22.5. The van der Waals surface area contributed by atoms with E-state index < -0.39 is 5.82 Å². The van der Waals surface area contributed by atoms with E-state index in [1.165, 1.54) is 24.5 Å². The molecule has 0 fully saturated rings. The highest BCUT2D eigenvalue weighted by Crippen LogP contribution is 2.40. The first-order valence-corrected chi connectivity index (χ1v) is 11.5. The van der Waals surface area contributed by atoms with Crippen molar-refractivity contribution in [2.45, 2.75) is 6.42 Å². The summed E-state index contributed by atoms with van der Waals surface area (Å²) < 4.78 is 32.3. The van der Waals surface area contributed by atoms with Crippen molar-refractivity contribution >= 4 is 43.5 Å². The number of rotatable bonds is 7. The minimum absolute atomic E-state index is 0.0330. The number of fused-ring (bicyclic) bond motifs is 2. The molecule has 0 bridgehead atoms. The quantitative estimate of drug-likeness (QED) is 0.303. The molecule has 176 valence electrons. The first-order valence-electron chi connectivity index (χ1n) is 10.7. The van der Waals surface area contributed by atoms with Crippen LogP contribution in [-0.2, 0) is 11.2 Å². The van der Waals surface area contributed by atoms with Crippen molar-refractivity contribution in [2.24, 2.45) is 0 Å². The van der Waals surface area contributed by atoms with Crippen LogP contribution >= 0.6 is 11.3 Å². The van der Waals surface area contributed by atoms with E-state index in [0.29, 0.717) is 43.5 Å². The molecular formula is C26H20FN3O4S. The number of pyridine rings is 1. The van der Waals surface area contributed by atoms with Gasteiger partial charge in [-0.05, 0) is 23.8 Å². The van der Waals surface area contributed by atoms with E-state index in [9.17, 15) is 9.18 Å². The number of amides is 1. The molecule has 7 nitrogen and oxygen atoms in total. The topological polar surface area (TPSA) is 82.6 Å². The molecule has 2 aromatic heterocycles. The first-order chi connectivity index (χ1) is 17.1. The largest absolute Gasteiger partial charge is 0.493 e. The Balaban J connectivity index is 1.42. The van der Waals surface area contributed by atoms with E-state index in [4.69, 9.17) is 14.2 Å². The van der Waals surface area contributed by atoms with Crippen LogP contribution in [0.1, 0.15) is 5.56 Å². The van der Waals surface area contributed by atoms with E-state index in [0.717, 1.165) is 5.56 Å². The number of anilines is 1. The van der Waals surface area contributed by atoms with Crippen LogP contribution in [0.2, 0.25) is 0 Å². The summed E-state index contributed by atoms with van der Waals surface area (Å²) >= 11 is 1.25. The van der Waals surface area contributed by atoms with Crippen molar-refractivity contribution in [1.29, 1.82) is 0 Å². The number of carbonyl (C=O) groups is 1. The number of thiazole rings is 1. The zero-order valence-electron chi connectivity index (χ0n) is 18.9. The standard InChI is InChI=1S/C26H20FN3O4S/c1-32-20-9-8-16-19(10-11-28-24(16)25(20)33-2)34-21-14-22-18(13-17(21)27)29-26(35-22)30-23(31)12-15-6-4-3-5-7-15/h3-11,13-14H,12H2,1-2H3,(H,29,30,31). The smallest absolute Gasteiger partial charge is 0.230 e. The van der Waals surface area contributed by atoms with Crippen LogP contribution in [0.4, 0.5) is 9.52 Å². The third-order valence-corrected chi connectivity index (χ3v) is 6.26. The van der Waals surface area contributed by atoms with Gasteiger partial charge in [-0.2, -0.15) is 0 Å². The number of nitrogens with zero attached hydrogens (tertiary/aromatic N) is 2. The van der Waals surface area contributed by atoms with Gasteiger partial charge in [-0.3, -0.25) is 9.78 Å². The van der Waals surface area contributed by atoms with Gasteiger partial charge in [-0.15, -0.1) is 0 Å². The van der Waals surface area contributed by atoms with Crippen molar-refractivity contribution < 1.29 is 23.4 Å². The van der Waals surface area contributed by atoms with Gasteiger partial charge in [-0.25, -0.2) is 9.37 Å². The van der Waals surface area contributed by atoms with E-state index in [1.54, 1.807) is 37.6 Å². The molecular weight excluding hydrogens is 469 g/mol. The number of nitrogens with one attached hydrogen (secondary N) is 1. The fourth-order valence-corrected chi connectivity index (χ4v) is 4.61. The van der Waals surface area contributed by atoms with Gasteiger partial charge in [0.05, 0.1) is 30.9 Å². The summed E-state index contributed by atoms with van der Waals surface area (Å²) in [6.45, 7) is 0. The van der Waals surface area contributed by atoms with E-state index in [2.05, 4.69) is 15.3 Å². The van der Waals surface area contributed by atoms with Gasteiger partial charge in [0.2, 0.25) is 5.91 Å². The Bertz CT molecular complexity index is 1540. The maximum absolute atomic E-state index is 14.9. The van der Waals surface area contributed by atoms with Crippen LogP contribution in [0.15, 0.2) is 66.9 Å². The highest BCUT2D eigenvalue weighted by Gasteiger charge is 2.17. The average Bonchev–Trinajstić information content (AvgIpc) is 3.24. The fourth-order valence-electron chi connectivity index (χ4n) is 3.72. The molecule has 0 saturated carbocycles. The highest BCUT2D eigenvalue weighted by molar-refractivity contribution is 7.22. The molecule has 0 unspecified atom stereocenters. The molecule has 1 amide bonds. The predicted octanol–water partition coefficient (Wildman–Crippen LogP) is 5.97. The molecule has 0 radical (unpaired) electrons. The summed E-state index contributed by atoms with van der Waals surface area (Å²) in [5, 5.41) is 3.82. The Morgan fingerprint density at radius 1 is 1.00 bits per heavy atom. The monoisotopic (exact) mass is 489 g/mol. The molecule has 3 aromatic carbocycles. The Morgan fingerprint density at radius 3 is 2.60 bits per heavy atom. The molecule has 35 heavy (non-hydrogen) atoms. The van der Waals surface area contributed by atoms with Crippen LogP contribution in [0.3, 0.4) is 0 Å². The van der Waals surface area contributed by atoms with Crippen molar-refractivity contribution in [2.75, 3.05) is 19.5 Å². The Morgan fingerprint density at radius 2 is 1.83 bits per heavy atom. The summed E-state index contributed by atoms with van der Waals surface area (Å²) in [5.74, 6) is 0.671. The number of halogens is 1. The summed E-state index contributed by atoms with van der Waals surface area (Å²) in [5.41, 5.74) is 1.86. The Kier molecular flexibility index (Phi) is 6.15. The molecule has 9 heteroatoms. The fraction of sp³-hybridized carbons (Fsp3) is 0.115. The molecule has 0 aliphatic heterocycles. The molecule has 2 heterocycles. The summed E-state index contributed by atoms with van der Waals surface area (Å²) in [4.78, 5) is 21.1.